The van der Waals surface area contributed by atoms with Crippen LogP contribution in [0.1, 0.15) is 12.5 Å². The van der Waals surface area contributed by atoms with Gasteiger partial charge in [-0.05, 0) is 55.5 Å². The van der Waals surface area contributed by atoms with Crippen LogP contribution >= 0.6 is 0 Å². The number of H-pyrrole nitrogens is 1. The van der Waals surface area contributed by atoms with E-state index >= 15 is 0 Å². The predicted molar refractivity (Wildman–Crippen MR) is 104 cm³/mol. The molecule has 2 N–H and O–H groups in total. The summed E-state index contributed by atoms with van der Waals surface area (Å²) >= 11 is 0. The van der Waals surface area contributed by atoms with Crippen LogP contribution in [0.15, 0.2) is 53.3 Å². The molecule has 1 heterocycles. The highest BCUT2D eigenvalue weighted by Gasteiger charge is 2.20. The van der Waals surface area contributed by atoms with Gasteiger partial charge in [0.2, 0.25) is 5.91 Å². The number of amides is 1. The molecule has 28 heavy (non-hydrogen) atoms. The zero-order chi connectivity index (χ0) is 20.1. The third-order valence-electron chi connectivity index (χ3n) is 4.21. The standard InChI is InChI=1S/C21H18FN3O3/c1-2-28-18-7-8-19-13(11-18)9-14(20(26)25-19)10-15(12-23)21(27)24-17-5-3-16(22)4-6-17/h3-9,11,15H,2,10H2,1H3,(H,24,27)(H,25,26). The Bertz CT molecular complexity index is 1100. The largest absolute Gasteiger partial charge is 0.494 e. The highest BCUT2D eigenvalue weighted by Crippen LogP contribution is 2.20. The lowest BCUT2D eigenvalue weighted by molar-refractivity contribution is -0.118. The van der Waals surface area contributed by atoms with Crippen LogP contribution in [0.3, 0.4) is 0 Å². The molecule has 1 unspecified atom stereocenters. The summed E-state index contributed by atoms with van der Waals surface area (Å²) in [5.41, 5.74) is 0.982. The van der Waals surface area contributed by atoms with E-state index in [2.05, 4.69) is 10.3 Å². The van der Waals surface area contributed by atoms with Gasteiger partial charge in [0, 0.05) is 28.6 Å². The number of nitrogens with one attached hydrogen (secondary N) is 2. The highest BCUT2D eigenvalue weighted by atomic mass is 19.1. The molecule has 0 radical (unpaired) electrons. The number of hydrogen-bond donors (Lipinski definition) is 2. The van der Waals surface area contributed by atoms with Crippen LogP contribution in [0.2, 0.25) is 0 Å². The van der Waals surface area contributed by atoms with Gasteiger partial charge in [0.1, 0.15) is 17.5 Å². The summed E-state index contributed by atoms with van der Waals surface area (Å²) in [6.45, 7) is 2.39. The molecule has 0 aliphatic carbocycles. The third-order valence-corrected chi connectivity index (χ3v) is 4.21. The van der Waals surface area contributed by atoms with E-state index in [1.165, 1.54) is 24.3 Å². The zero-order valence-electron chi connectivity index (χ0n) is 15.2. The maximum absolute atomic E-state index is 13.0. The first-order chi connectivity index (χ1) is 13.5. The van der Waals surface area contributed by atoms with Crippen molar-refractivity contribution in [2.24, 2.45) is 5.92 Å². The van der Waals surface area contributed by atoms with E-state index in [0.717, 1.165) is 5.39 Å². The Balaban J connectivity index is 1.83. The van der Waals surface area contributed by atoms with Gasteiger partial charge in [-0.3, -0.25) is 9.59 Å². The Hall–Kier alpha value is -3.66. The van der Waals surface area contributed by atoms with Crippen molar-refractivity contribution in [3.05, 3.63) is 70.3 Å². The molecule has 1 amide bonds. The van der Waals surface area contributed by atoms with E-state index in [9.17, 15) is 19.2 Å². The van der Waals surface area contributed by atoms with Gasteiger partial charge in [-0.25, -0.2) is 4.39 Å². The number of anilines is 1. The number of nitrogens with zero attached hydrogens (tertiary/aromatic N) is 1. The van der Waals surface area contributed by atoms with E-state index in [1.807, 2.05) is 13.0 Å². The Kier molecular flexibility index (Phi) is 5.70. The van der Waals surface area contributed by atoms with Crippen molar-refractivity contribution in [3.63, 3.8) is 0 Å². The van der Waals surface area contributed by atoms with Crippen molar-refractivity contribution >= 4 is 22.5 Å². The number of nitriles is 1. The number of aromatic amines is 1. The third kappa shape index (κ3) is 4.35. The second kappa shape index (κ2) is 8.35. The monoisotopic (exact) mass is 379 g/mol. The minimum Gasteiger partial charge on any atom is -0.494 e. The second-order valence-corrected chi connectivity index (χ2v) is 6.19. The summed E-state index contributed by atoms with van der Waals surface area (Å²) in [5, 5.41) is 12.7. The summed E-state index contributed by atoms with van der Waals surface area (Å²) in [7, 11) is 0. The summed E-state index contributed by atoms with van der Waals surface area (Å²) in [5.74, 6) is -1.39. The summed E-state index contributed by atoms with van der Waals surface area (Å²) in [6.07, 6.45) is -0.0480. The second-order valence-electron chi connectivity index (χ2n) is 6.19. The average molecular weight is 379 g/mol. The SMILES string of the molecule is CCOc1ccc2[nH]c(=O)c(CC(C#N)C(=O)Nc3ccc(F)cc3)cc2c1. The van der Waals surface area contributed by atoms with Crippen molar-refractivity contribution in [1.29, 1.82) is 5.26 Å². The van der Waals surface area contributed by atoms with Crippen molar-refractivity contribution in [3.8, 4) is 11.8 Å². The topological polar surface area (TPSA) is 95.0 Å². The van der Waals surface area contributed by atoms with Crippen molar-refractivity contribution < 1.29 is 13.9 Å². The van der Waals surface area contributed by atoms with Gasteiger partial charge in [0.05, 0.1) is 12.7 Å². The molecular formula is C21H18FN3O3. The fraction of sp³-hybridized carbons (Fsp3) is 0.190. The summed E-state index contributed by atoms with van der Waals surface area (Å²) in [4.78, 5) is 27.5. The van der Waals surface area contributed by atoms with Crippen LogP contribution in [0, 0.1) is 23.1 Å². The van der Waals surface area contributed by atoms with Gasteiger partial charge in [-0.1, -0.05) is 0 Å². The summed E-state index contributed by atoms with van der Waals surface area (Å²) in [6, 6.07) is 14.1. The van der Waals surface area contributed by atoms with E-state index < -0.39 is 17.6 Å². The number of rotatable bonds is 6. The Morgan fingerprint density at radius 1 is 1.25 bits per heavy atom. The Morgan fingerprint density at radius 3 is 2.68 bits per heavy atom. The summed E-state index contributed by atoms with van der Waals surface area (Å²) < 4.78 is 18.4. The molecule has 0 aliphatic heterocycles. The van der Waals surface area contributed by atoms with Gasteiger partial charge < -0.3 is 15.0 Å². The number of pyridine rings is 1. The quantitative estimate of drug-likeness (QED) is 0.686. The Morgan fingerprint density at radius 2 is 2.00 bits per heavy atom. The molecule has 6 nitrogen and oxygen atoms in total. The molecule has 1 atom stereocenters. The minimum atomic E-state index is -1.07. The zero-order valence-corrected chi connectivity index (χ0v) is 15.2. The molecule has 0 spiro atoms. The molecule has 0 fully saturated rings. The highest BCUT2D eigenvalue weighted by molar-refractivity contribution is 5.94. The molecule has 1 aromatic heterocycles. The lowest BCUT2D eigenvalue weighted by Gasteiger charge is -2.11. The lowest BCUT2D eigenvalue weighted by atomic mass is 9.99. The van der Waals surface area contributed by atoms with Gasteiger partial charge in [0.25, 0.3) is 5.56 Å². The number of benzene rings is 2. The Labute approximate surface area is 160 Å². The number of halogens is 1. The molecule has 0 aliphatic rings. The number of fused-ring (bicyclic) bond motifs is 1. The smallest absolute Gasteiger partial charge is 0.251 e. The van der Waals surface area contributed by atoms with E-state index in [0.29, 0.717) is 29.1 Å². The first-order valence-electron chi connectivity index (χ1n) is 8.75. The number of carbonyl (C=O) groups is 1. The van der Waals surface area contributed by atoms with Crippen molar-refractivity contribution in [2.75, 3.05) is 11.9 Å². The molecule has 0 saturated heterocycles. The van der Waals surface area contributed by atoms with Crippen molar-refractivity contribution in [2.45, 2.75) is 13.3 Å². The first kappa shape index (κ1) is 19.1. The molecule has 142 valence electrons. The van der Waals surface area contributed by atoms with Crippen LogP contribution in [0.25, 0.3) is 10.9 Å². The number of carbonyl (C=O) groups excluding carboxylic acids is 1. The van der Waals surface area contributed by atoms with Crippen LogP contribution in [-0.4, -0.2) is 17.5 Å². The number of hydrogen-bond acceptors (Lipinski definition) is 4. The number of aromatic nitrogens is 1. The molecule has 0 bridgehead atoms. The van der Waals surface area contributed by atoms with Gasteiger partial charge >= 0.3 is 0 Å². The predicted octanol–water partition coefficient (Wildman–Crippen LogP) is 3.39. The fourth-order valence-corrected chi connectivity index (χ4v) is 2.82. The average Bonchev–Trinajstić information content (AvgIpc) is 2.68. The van der Waals surface area contributed by atoms with Gasteiger partial charge in [-0.15, -0.1) is 0 Å². The molecule has 3 rings (SSSR count). The van der Waals surface area contributed by atoms with Crippen LogP contribution in [0.5, 0.6) is 5.75 Å². The van der Waals surface area contributed by atoms with Crippen LogP contribution < -0.4 is 15.6 Å². The molecule has 0 saturated carbocycles. The molecular weight excluding hydrogens is 361 g/mol. The molecule has 7 heteroatoms. The first-order valence-corrected chi connectivity index (χ1v) is 8.75. The van der Waals surface area contributed by atoms with Gasteiger partial charge in [0.15, 0.2) is 0 Å². The normalized spacial score (nSPS) is 11.6. The maximum atomic E-state index is 13.0. The molecule has 3 aromatic rings. The maximum Gasteiger partial charge on any atom is 0.251 e. The molecule has 2 aromatic carbocycles. The fourth-order valence-electron chi connectivity index (χ4n) is 2.82. The van der Waals surface area contributed by atoms with E-state index in [1.54, 1.807) is 24.3 Å². The number of ether oxygens (including phenoxy) is 1. The van der Waals surface area contributed by atoms with E-state index in [4.69, 9.17) is 4.74 Å². The van der Waals surface area contributed by atoms with Crippen LogP contribution in [-0.2, 0) is 11.2 Å². The van der Waals surface area contributed by atoms with E-state index in [-0.39, 0.29) is 12.0 Å². The van der Waals surface area contributed by atoms with Crippen molar-refractivity contribution in [1.82, 2.24) is 4.98 Å². The minimum absolute atomic E-state index is 0.0480. The van der Waals surface area contributed by atoms with Crippen LogP contribution in [0.4, 0.5) is 10.1 Å². The van der Waals surface area contributed by atoms with Gasteiger partial charge in [-0.2, -0.15) is 5.26 Å². The lowest BCUT2D eigenvalue weighted by Crippen LogP contribution is -2.26.